The van der Waals surface area contributed by atoms with Gasteiger partial charge in [-0.25, -0.2) is 0 Å². The molecule has 1 rings (SSSR count). The van der Waals surface area contributed by atoms with Gasteiger partial charge in [-0.2, -0.15) is 0 Å². The molecule has 1 amide bonds. The zero-order chi connectivity index (χ0) is 12.9. The average Bonchev–Trinajstić information content (AvgIpc) is 2.28. The van der Waals surface area contributed by atoms with E-state index < -0.39 is 10.8 Å². The Hall–Kier alpha value is -0.420. The molecule has 0 aromatic heterocycles. The Labute approximate surface area is 106 Å². The molecule has 0 aromatic carbocycles. The summed E-state index contributed by atoms with van der Waals surface area (Å²) in [5, 5.41) is 2.96. The van der Waals surface area contributed by atoms with Crippen molar-refractivity contribution in [3.8, 4) is 0 Å². The Balaban J connectivity index is 2.57. The van der Waals surface area contributed by atoms with Gasteiger partial charge in [0.05, 0.1) is 5.41 Å². The summed E-state index contributed by atoms with van der Waals surface area (Å²) in [5.41, 5.74) is 5.42. The summed E-state index contributed by atoms with van der Waals surface area (Å²) in [6, 6.07) is -0.0429. The summed E-state index contributed by atoms with van der Waals surface area (Å²) in [7, 11) is -0.878. The second-order valence-corrected chi connectivity index (χ2v) is 6.64. The van der Waals surface area contributed by atoms with E-state index in [2.05, 4.69) is 5.32 Å². The van der Waals surface area contributed by atoms with Gasteiger partial charge in [0, 0.05) is 35.4 Å². The Morgan fingerprint density at radius 3 is 2.47 bits per heavy atom. The molecule has 2 unspecified atom stereocenters. The average molecular weight is 260 g/mol. The van der Waals surface area contributed by atoms with E-state index in [4.69, 9.17) is 5.73 Å². The van der Waals surface area contributed by atoms with Crippen molar-refractivity contribution in [2.75, 3.05) is 18.6 Å². The van der Waals surface area contributed by atoms with E-state index in [0.717, 1.165) is 25.7 Å². The number of carbonyl (C=O) groups excluding carboxylic acids is 1. The van der Waals surface area contributed by atoms with Crippen LogP contribution in [0.15, 0.2) is 0 Å². The highest BCUT2D eigenvalue weighted by atomic mass is 32.2. The summed E-state index contributed by atoms with van der Waals surface area (Å²) in [5.74, 6) is 0.560. The van der Waals surface area contributed by atoms with E-state index in [1.54, 1.807) is 6.26 Å². The van der Waals surface area contributed by atoms with Gasteiger partial charge >= 0.3 is 0 Å². The van der Waals surface area contributed by atoms with Crippen molar-refractivity contribution < 1.29 is 9.00 Å². The molecule has 1 fully saturated rings. The molecule has 0 aromatic rings. The van der Waals surface area contributed by atoms with Gasteiger partial charge in [-0.15, -0.1) is 0 Å². The van der Waals surface area contributed by atoms with Gasteiger partial charge in [0.2, 0.25) is 5.91 Å². The standard InChI is InChI=1S/C12H24N2O2S/c1-10(8-17(2)16)14-11(15)12(9-13)6-4-3-5-7-12/h10H,3-9,13H2,1-2H3,(H,14,15). The highest BCUT2D eigenvalue weighted by molar-refractivity contribution is 7.84. The van der Waals surface area contributed by atoms with Crippen LogP contribution in [0.3, 0.4) is 0 Å². The molecule has 1 saturated carbocycles. The molecule has 0 radical (unpaired) electrons. The van der Waals surface area contributed by atoms with Gasteiger partial charge in [0.25, 0.3) is 0 Å². The number of hydrogen-bond acceptors (Lipinski definition) is 3. The fourth-order valence-electron chi connectivity index (χ4n) is 2.52. The summed E-state index contributed by atoms with van der Waals surface area (Å²) < 4.78 is 11.1. The molecular formula is C12H24N2O2S. The van der Waals surface area contributed by atoms with Crippen LogP contribution in [-0.2, 0) is 15.6 Å². The number of hydrogen-bond donors (Lipinski definition) is 2. The van der Waals surface area contributed by atoms with Crippen molar-refractivity contribution in [3.05, 3.63) is 0 Å². The number of nitrogens with two attached hydrogens (primary N) is 1. The van der Waals surface area contributed by atoms with Crippen molar-refractivity contribution in [3.63, 3.8) is 0 Å². The maximum absolute atomic E-state index is 12.3. The van der Waals surface area contributed by atoms with E-state index in [0.29, 0.717) is 12.3 Å². The lowest BCUT2D eigenvalue weighted by atomic mass is 9.73. The third kappa shape index (κ3) is 4.07. The molecule has 4 nitrogen and oxygen atoms in total. The highest BCUT2D eigenvalue weighted by Crippen LogP contribution is 2.35. The minimum absolute atomic E-state index is 0.0429. The van der Waals surface area contributed by atoms with Crippen LogP contribution in [0, 0.1) is 5.41 Å². The second kappa shape index (κ2) is 6.50. The Morgan fingerprint density at radius 1 is 1.41 bits per heavy atom. The fraction of sp³-hybridized carbons (Fsp3) is 0.917. The van der Waals surface area contributed by atoms with Crippen LogP contribution in [0.5, 0.6) is 0 Å². The lowest BCUT2D eigenvalue weighted by Crippen LogP contribution is -2.50. The van der Waals surface area contributed by atoms with E-state index in [9.17, 15) is 9.00 Å². The number of nitrogens with one attached hydrogen (secondary N) is 1. The van der Waals surface area contributed by atoms with E-state index in [1.165, 1.54) is 6.42 Å². The van der Waals surface area contributed by atoms with Gasteiger partial charge in [-0.3, -0.25) is 9.00 Å². The minimum atomic E-state index is -0.878. The van der Waals surface area contributed by atoms with E-state index in [-0.39, 0.29) is 17.4 Å². The topological polar surface area (TPSA) is 72.2 Å². The SMILES string of the molecule is CC(CS(C)=O)NC(=O)C1(CN)CCCCC1. The molecule has 100 valence electrons. The number of rotatable bonds is 5. The first-order chi connectivity index (χ1) is 8.00. The van der Waals surface area contributed by atoms with Crippen molar-refractivity contribution in [2.45, 2.75) is 45.1 Å². The largest absolute Gasteiger partial charge is 0.352 e. The predicted molar refractivity (Wildman–Crippen MR) is 71.1 cm³/mol. The molecule has 0 spiro atoms. The molecule has 1 aliphatic rings. The van der Waals surface area contributed by atoms with Gasteiger partial charge in [-0.1, -0.05) is 19.3 Å². The van der Waals surface area contributed by atoms with Crippen LogP contribution in [0.2, 0.25) is 0 Å². The van der Waals surface area contributed by atoms with E-state index in [1.807, 2.05) is 6.92 Å². The first-order valence-corrected chi connectivity index (χ1v) is 8.04. The Kier molecular flexibility index (Phi) is 5.59. The molecule has 5 heteroatoms. The van der Waals surface area contributed by atoms with Gasteiger partial charge < -0.3 is 11.1 Å². The third-order valence-corrected chi connectivity index (χ3v) is 4.51. The maximum atomic E-state index is 12.3. The molecule has 0 aliphatic heterocycles. The lowest BCUT2D eigenvalue weighted by Gasteiger charge is -2.35. The minimum Gasteiger partial charge on any atom is -0.352 e. The maximum Gasteiger partial charge on any atom is 0.227 e. The van der Waals surface area contributed by atoms with Crippen molar-refractivity contribution in [1.29, 1.82) is 0 Å². The summed E-state index contributed by atoms with van der Waals surface area (Å²) in [6.45, 7) is 2.31. The first-order valence-electron chi connectivity index (χ1n) is 6.31. The number of amides is 1. The molecular weight excluding hydrogens is 236 g/mol. The van der Waals surface area contributed by atoms with Crippen molar-refractivity contribution in [2.24, 2.45) is 11.1 Å². The smallest absolute Gasteiger partial charge is 0.227 e. The highest BCUT2D eigenvalue weighted by Gasteiger charge is 2.38. The van der Waals surface area contributed by atoms with Crippen LogP contribution in [0.4, 0.5) is 0 Å². The summed E-state index contributed by atoms with van der Waals surface area (Å²) in [4.78, 5) is 12.3. The first kappa shape index (κ1) is 14.6. The monoisotopic (exact) mass is 260 g/mol. The Bertz CT molecular complexity index is 288. The van der Waals surface area contributed by atoms with Crippen LogP contribution < -0.4 is 11.1 Å². The molecule has 0 saturated heterocycles. The van der Waals surface area contributed by atoms with Crippen LogP contribution in [0.25, 0.3) is 0 Å². The second-order valence-electron chi connectivity index (χ2n) is 5.16. The third-order valence-electron chi connectivity index (χ3n) is 3.55. The summed E-state index contributed by atoms with van der Waals surface area (Å²) >= 11 is 0. The zero-order valence-electron chi connectivity index (χ0n) is 10.8. The molecule has 0 heterocycles. The molecule has 17 heavy (non-hydrogen) atoms. The predicted octanol–water partition coefficient (Wildman–Crippen LogP) is 0.779. The zero-order valence-corrected chi connectivity index (χ0v) is 11.6. The number of carbonyl (C=O) groups is 1. The molecule has 1 aliphatic carbocycles. The Morgan fingerprint density at radius 2 is 2.00 bits per heavy atom. The molecule has 0 bridgehead atoms. The lowest BCUT2D eigenvalue weighted by molar-refractivity contribution is -0.132. The quantitative estimate of drug-likeness (QED) is 0.767. The molecule has 3 N–H and O–H groups in total. The van der Waals surface area contributed by atoms with E-state index >= 15 is 0 Å². The van der Waals surface area contributed by atoms with Crippen molar-refractivity contribution >= 4 is 16.7 Å². The summed E-state index contributed by atoms with van der Waals surface area (Å²) in [6.07, 6.45) is 6.79. The fourth-order valence-corrected chi connectivity index (χ4v) is 3.31. The van der Waals surface area contributed by atoms with Crippen LogP contribution >= 0.6 is 0 Å². The van der Waals surface area contributed by atoms with Crippen LogP contribution in [-0.4, -0.2) is 34.7 Å². The van der Waals surface area contributed by atoms with Crippen molar-refractivity contribution in [1.82, 2.24) is 5.32 Å². The normalized spacial score (nSPS) is 22.8. The van der Waals surface area contributed by atoms with Crippen LogP contribution in [0.1, 0.15) is 39.0 Å². The molecule has 2 atom stereocenters. The van der Waals surface area contributed by atoms with Gasteiger partial charge in [0.15, 0.2) is 0 Å². The van der Waals surface area contributed by atoms with Gasteiger partial charge in [-0.05, 0) is 19.8 Å². The van der Waals surface area contributed by atoms with Gasteiger partial charge in [0.1, 0.15) is 0 Å².